The van der Waals surface area contributed by atoms with Crippen molar-refractivity contribution in [3.63, 3.8) is 0 Å². The lowest BCUT2D eigenvalue weighted by Gasteiger charge is -2.10. The fraction of sp³-hybridized carbons (Fsp3) is 0.278. The zero-order valence-corrected chi connectivity index (χ0v) is 16.2. The Labute approximate surface area is 168 Å². The number of thiophene rings is 1. The van der Waals surface area contributed by atoms with Gasteiger partial charge in [0.05, 0.1) is 10.3 Å². The molecule has 0 unspecified atom stereocenters. The number of hydrogen-bond acceptors (Lipinski definition) is 8. The summed E-state index contributed by atoms with van der Waals surface area (Å²) in [4.78, 5) is 33.6. The lowest BCUT2D eigenvalue weighted by molar-refractivity contribution is -0.385. The second-order valence-electron chi connectivity index (χ2n) is 6.41. The van der Waals surface area contributed by atoms with Crippen molar-refractivity contribution in [3.8, 4) is 0 Å². The molecule has 2 heterocycles. The van der Waals surface area contributed by atoms with E-state index in [1.165, 1.54) is 22.6 Å². The number of nitro groups is 1. The van der Waals surface area contributed by atoms with Gasteiger partial charge in [-0.25, -0.2) is 14.8 Å². The zero-order chi connectivity index (χ0) is 19.8. The topological polar surface area (TPSA) is 121 Å². The van der Waals surface area contributed by atoms with Crippen LogP contribution in [0.2, 0.25) is 5.02 Å². The van der Waals surface area contributed by atoms with E-state index in [4.69, 9.17) is 22.1 Å². The zero-order valence-electron chi connectivity index (χ0n) is 14.6. The average molecular weight is 419 g/mol. The maximum absolute atomic E-state index is 12.3. The van der Waals surface area contributed by atoms with Gasteiger partial charge < -0.3 is 10.5 Å². The van der Waals surface area contributed by atoms with Crippen molar-refractivity contribution in [2.24, 2.45) is 0 Å². The van der Waals surface area contributed by atoms with Gasteiger partial charge in [-0.15, -0.1) is 11.3 Å². The van der Waals surface area contributed by atoms with Crippen molar-refractivity contribution in [2.75, 3.05) is 5.73 Å². The summed E-state index contributed by atoms with van der Waals surface area (Å²) in [6.07, 6.45) is 4.26. The van der Waals surface area contributed by atoms with E-state index in [2.05, 4.69) is 9.97 Å². The predicted molar refractivity (Wildman–Crippen MR) is 106 cm³/mol. The number of aryl methyl sites for hydroxylation is 2. The van der Waals surface area contributed by atoms with Gasteiger partial charge in [-0.05, 0) is 43.4 Å². The molecule has 0 radical (unpaired) electrons. The van der Waals surface area contributed by atoms with Crippen molar-refractivity contribution in [2.45, 2.75) is 32.3 Å². The second-order valence-corrected chi connectivity index (χ2v) is 7.93. The normalized spacial score (nSPS) is 13.3. The minimum atomic E-state index is -0.851. The van der Waals surface area contributed by atoms with E-state index < -0.39 is 16.6 Å². The summed E-state index contributed by atoms with van der Waals surface area (Å²) in [7, 11) is 0. The van der Waals surface area contributed by atoms with Gasteiger partial charge in [0.1, 0.15) is 16.2 Å². The van der Waals surface area contributed by atoms with Crippen LogP contribution < -0.4 is 5.73 Å². The lowest BCUT2D eigenvalue weighted by atomic mass is 9.97. The second kappa shape index (κ2) is 7.33. The highest BCUT2D eigenvalue weighted by atomic mass is 35.5. The number of benzene rings is 1. The van der Waals surface area contributed by atoms with E-state index in [-0.39, 0.29) is 23.0 Å². The van der Waals surface area contributed by atoms with Crippen LogP contribution in [0.25, 0.3) is 10.2 Å². The van der Waals surface area contributed by atoms with Crippen LogP contribution in [0.4, 0.5) is 11.5 Å². The number of carbonyl (C=O) groups is 1. The molecule has 0 spiro atoms. The molecule has 8 nitrogen and oxygen atoms in total. The number of rotatable bonds is 4. The smallest absolute Gasteiger partial charge is 0.345 e. The number of hydrogen-bond donors (Lipinski definition) is 1. The van der Waals surface area contributed by atoms with Gasteiger partial charge in [-0.1, -0.05) is 11.6 Å². The number of nitrogens with zero attached hydrogens (tertiary/aromatic N) is 3. The number of nitro benzene ring substituents is 1. The number of esters is 1. The summed E-state index contributed by atoms with van der Waals surface area (Å²) in [6, 6.07) is 3.76. The lowest BCUT2D eigenvalue weighted by Crippen LogP contribution is -2.10. The van der Waals surface area contributed by atoms with Crippen LogP contribution in [0.5, 0.6) is 0 Å². The maximum atomic E-state index is 12.3. The van der Waals surface area contributed by atoms with Crippen molar-refractivity contribution in [3.05, 3.63) is 55.2 Å². The molecule has 0 saturated carbocycles. The largest absolute Gasteiger partial charge is 0.454 e. The molecule has 0 amide bonds. The van der Waals surface area contributed by atoms with E-state index >= 15 is 0 Å². The predicted octanol–water partition coefficient (Wildman–Crippen LogP) is 4.07. The van der Waals surface area contributed by atoms with Crippen molar-refractivity contribution >= 4 is 50.6 Å². The van der Waals surface area contributed by atoms with Crippen LogP contribution in [-0.2, 0) is 24.2 Å². The number of fused-ring (bicyclic) bond motifs is 3. The monoisotopic (exact) mass is 418 g/mol. The summed E-state index contributed by atoms with van der Waals surface area (Å²) in [5, 5.41) is 12.2. The first-order valence-corrected chi connectivity index (χ1v) is 9.81. The Bertz CT molecular complexity index is 1110. The van der Waals surface area contributed by atoms with Gasteiger partial charge in [-0.3, -0.25) is 10.1 Å². The van der Waals surface area contributed by atoms with Crippen LogP contribution >= 0.6 is 22.9 Å². The van der Waals surface area contributed by atoms with Gasteiger partial charge in [0.25, 0.3) is 5.69 Å². The van der Waals surface area contributed by atoms with E-state index in [0.717, 1.165) is 42.0 Å². The summed E-state index contributed by atoms with van der Waals surface area (Å²) >= 11 is 7.36. The molecular weight excluding hydrogens is 404 g/mol. The molecule has 1 aliphatic carbocycles. The Kier molecular flexibility index (Phi) is 4.86. The number of ether oxygens (including phenoxy) is 1. The highest BCUT2D eigenvalue weighted by Crippen LogP contribution is 2.37. The van der Waals surface area contributed by atoms with E-state index in [0.29, 0.717) is 5.82 Å². The Morgan fingerprint density at radius 3 is 2.89 bits per heavy atom. The first-order chi connectivity index (χ1) is 13.4. The van der Waals surface area contributed by atoms with E-state index in [1.54, 1.807) is 11.3 Å². The molecule has 1 aromatic carbocycles. The first kappa shape index (κ1) is 18.6. The molecule has 3 aromatic rings. The Hall–Kier alpha value is -2.78. The standard InChI is InChI=1S/C18H15ClN4O4S/c19-9-5-6-10(12(7-9)23(25)26)18(24)27-8-14-21-16(20)15-11-3-1-2-4-13(11)28-17(15)22-14/h5-7H,1-4,8H2,(H2,20,21,22). The van der Waals surface area contributed by atoms with Crippen LogP contribution in [0.1, 0.15) is 39.5 Å². The van der Waals surface area contributed by atoms with Crippen molar-refractivity contribution in [1.29, 1.82) is 0 Å². The highest BCUT2D eigenvalue weighted by molar-refractivity contribution is 7.19. The molecule has 0 aliphatic heterocycles. The van der Waals surface area contributed by atoms with Crippen molar-refractivity contribution in [1.82, 2.24) is 9.97 Å². The number of aromatic nitrogens is 2. The SMILES string of the molecule is Nc1nc(COC(=O)c2ccc(Cl)cc2[N+](=O)[O-])nc2sc3c(c12)CCCC3. The maximum Gasteiger partial charge on any atom is 0.345 e. The molecule has 4 rings (SSSR count). The van der Waals surface area contributed by atoms with Crippen molar-refractivity contribution < 1.29 is 14.5 Å². The summed E-state index contributed by atoms with van der Waals surface area (Å²) in [6.45, 7) is -0.235. The van der Waals surface area contributed by atoms with Crippen LogP contribution in [0.15, 0.2) is 18.2 Å². The minimum absolute atomic E-state index is 0.159. The Balaban J connectivity index is 1.58. The molecule has 0 bridgehead atoms. The molecule has 10 heteroatoms. The number of nitrogen functional groups attached to an aromatic ring is 1. The third kappa shape index (κ3) is 3.38. The quantitative estimate of drug-likeness (QED) is 0.385. The average Bonchev–Trinajstić information content (AvgIpc) is 3.04. The van der Waals surface area contributed by atoms with Crippen LogP contribution in [0, 0.1) is 10.1 Å². The fourth-order valence-corrected chi connectivity index (χ4v) is 4.79. The molecule has 0 atom stereocenters. The van der Waals surface area contributed by atoms with Gasteiger partial charge in [-0.2, -0.15) is 0 Å². The molecular formula is C18H15ClN4O4S. The number of anilines is 1. The van der Waals surface area contributed by atoms with Gasteiger partial charge in [0.2, 0.25) is 0 Å². The number of carbonyl (C=O) groups excluding carboxylic acids is 1. The molecule has 0 saturated heterocycles. The third-order valence-corrected chi connectivity index (χ3v) is 6.02. The Morgan fingerprint density at radius 2 is 2.11 bits per heavy atom. The van der Waals surface area contributed by atoms with Gasteiger partial charge >= 0.3 is 5.97 Å². The first-order valence-electron chi connectivity index (χ1n) is 8.61. The number of halogens is 1. The highest BCUT2D eigenvalue weighted by Gasteiger charge is 2.23. The van der Waals surface area contributed by atoms with Gasteiger partial charge in [0, 0.05) is 16.0 Å². The van der Waals surface area contributed by atoms with Crippen LogP contribution in [-0.4, -0.2) is 20.9 Å². The molecule has 2 aromatic heterocycles. The fourth-order valence-electron chi connectivity index (χ4n) is 3.33. The minimum Gasteiger partial charge on any atom is -0.454 e. The Morgan fingerprint density at radius 1 is 1.32 bits per heavy atom. The third-order valence-electron chi connectivity index (χ3n) is 4.60. The summed E-state index contributed by atoms with van der Waals surface area (Å²) in [5.41, 5.74) is 6.76. The summed E-state index contributed by atoms with van der Waals surface area (Å²) < 4.78 is 5.19. The van der Waals surface area contributed by atoms with Gasteiger partial charge in [0.15, 0.2) is 12.4 Å². The number of nitrogens with two attached hydrogens (primary N) is 1. The molecule has 1 aliphatic rings. The van der Waals surface area contributed by atoms with E-state index in [9.17, 15) is 14.9 Å². The molecule has 2 N–H and O–H groups in total. The molecule has 0 fully saturated rings. The molecule has 28 heavy (non-hydrogen) atoms. The summed E-state index contributed by atoms with van der Waals surface area (Å²) in [5.74, 6) is -0.224. The van der Waals surface area contributed by atoms with Crippen LogP contribution in [0.3, 0.4) is 0 Å². The van der Waals surface area contributed by atoms with E-state index in [1.807, 2.05) is 0 Å². The molecule has 144 valence electrons.